The Labute approximate surface area is 84.7 Å². The topological polar surface area (TPSA) is 50.9 Å². The summed E-state index contributed by atoms with van der Waals surface area (Å²) in [5.41, 5.74) is 6.76. The molecule has 1 aliphatic rings. The average molecular weight is 191 g/mol. The second-order valence-corrected chi connectivity index (χ2v) is 4.49. The summed E-state index contributed by atoms with van der Waals surface area (Å²) in [4.78, 5) is 4.20. The normalized spacial score (nSPS) is 18.6. The van der Waals surface area contributed by atoms with Crippen molar-refractivity contribution in [3.05, 3.63) is 18.3 Å². The molecule has 1 aromatic heterocycles. The third-order valence-electron chi connectivity index (χ3n) is 3.04. The van der Waals surface area contributed by atoms with Crippen LogP contribution in [0.5, 0.6) is 0 Å². The van der Waals surface area contributed by atoms with Crippen LogP contribution in [0.25, 0.3) is 0 Å². The lowest BCUT2D eigenvalue weighted by Crippen LogP contribution is -2.33. The molecule has 0 atom stereocenters. The number of nitrogens with zero attached hydrogens (tertiary/aromatic N) is 1. The van der Waals surface area contributed by atoms with Gasteiger partial charge in [0.05, 0.1) is 11.9 Å². The Balaban J connectivity index is 1.88. The molecule has 1 aromatic rings. The fourth-order valence-electron chi connectivity index (χ4n) is 1.77. The van der Waals surface area contributed by atoms with Crippen LogP contribution < -0.4 is 11.1 Å². The summed E-state index contributed by atoms with van der Waals surface area (Å²) in [6.07, 6.45) is 5.71. The molecule has 14 heavy (non-hydrogen) atoms. The highest BCUT2D eigenvalue weighted by Crippen LogP contribution is 2.40. The first-order chi connectivity index (χ1) is 6.68. The molecule has 0 amide bonds. The van der Waals surface area contributed by atoms with Gasteiger partial charge in [-0.15, -0.1) is 0 Å². The van der Waals surface area contributed by atoms with Crippen molar-refractivity contribution in [3.8, 4) is 0 Å². The minimum Gasteiger partial charge on any atom is -0.397 e. The fourth-order valence-corrected chi connectivity index (χ4v) is 1.77. The summed E-state index contributed by atoms with van der Waals surface area (Å²) in [6, 6.07) is 3.80. The number of anilines is 2. The van der Waals surface area contributed by atoms with Gasteiger partial charge in [-0.1, -0.05) is 13.3 Å². The van der Waals surface area contributed by atoms with Crippen molar-refractivity contribution in [1.29, 1.82) is 0 Å². The van der Waals surface area contributed by atoms with E-state index in [2.05, 4.69) is 17.2 Å². The van der Waals surface area contributed by atoms with E-state index < -0.39 is 0 Å². The number of hydrogen-bond donors (Lipinski definition) is 2. The number of aromatic nitrogens is 1. The SMILES string of the molecule is CC1(CNc2ccc(N)cn2)CCC1. The number of pyridine rings is 1. The van der Waals surface area contributed by atoms with Crippen molar-refractivity contribution < 1.29 is 0 Å². The van der Waals surface area contributed by atoms with Gasteiger partial charge < -0.3 is 11.1 Å². The number of nitrogen functional groups attached to an aromatic ring is 1. The molecular weight excluding hydrogens is 174 g/mol. The molecule has 76 valence electrons. The van der Waals surface area contributed by atoms with Crippen LogP contribution >= 0.6 is 0 Å². The van der Waals surface area contributed by atoms with Gasteiger partial charge in [0.2, 0.25) is 0 Å². The molecule has 3 heteroatoms. The molecule has 0 saturated heterocycles. The van der Waals surface area contributed by atoms with Crippen molar-refractivity contribution in [2.24, 2.45) is 5.41 Å². The van der Waals surface area contributed by atoms with Crippen LogP contribution in [0.1, 0.15) is 26.2 Å². The number of rotatable bonds is 3. The zero-order chi connectivity index (χ0) is 10.0. The number of nitrogens with one attached hydrogen (secondary N) is 1. The van der Waals surface area contributed by atoms with Crippen LogP contribution in [0.2, 0.25) is 0 Å². The average Bonchev–Trinajstić information content (AvgIpc) is 2.14. The van der Waals surface area contributed by atoms with Gasteiger partial charge in [-0.2, -0.15) is 0 Å². The lowest BCUT2D eigenvalue weighted by Gasteiger charge is -2.38. The third kappa shape index (κ3) is 1.97. The molecular formula is C11H17N3. The molecule has 0 bridgehead atoms. The zero-order valence-electron chi connectivity index (χ0n) is 8.59. The standard InChI is InChI=1S/C11H17N3/c1-11(5-2-6-11)8-14-10-4-3-9(12)7-13-10/h3-4,7H,2,5-6,8,12H2,1H3,(H,13,14). The molecule has 0 aliphatic heterocycles. The number of hydrogen-bond acceptors (Lipinski definition) is 3. The van der Waals surface area contributed by atoms with Gasteiger partial charge in [-0.05, 0) is 30.4 Å². The smallest absolute Gasteiger partial charge is 0.126 e. The van der Waals surface area contributed by atoms with Crippen molar-refractivity contribution >= 4 is 11.5 Å². The fraction of sp³-hybridized carbons (Fsp3) is 0.545. The highest BCUT2D eigenvalue weighted by molar-refractivity contribution is 5.43. The van der Waals surface area contributed by atoms with Crippen LogP contribution in [0.4, 0.5) is 11.5 Å². The van der Waals surface area contributed by atoms with Gasteiger partial charge in [-0.3, -0.25) is 0 Å². The van der Waals surface area contributed by atoms with E-state index in [1.165, 1.54) is 19.3 Å². The molecule has 1 saturated carbocycles. The first-order valence-electron chi connectivity index (χ1n) is 5.13. The summed E-state index contributed by atoms with van der Waals surface area (Å²) in [5, 5.41) is 3.35. The second-order valence-electron chi connectivity index (χ2n) is 4.49. The third-order valence-corrected chi connectivity index (χ3v) is 3.04. The van der Waals surface area contributed by atoms with Crippen LogP contribution in [0.15, 0.2) is 18.3 Å². The summed E-state index contributed by atoms with van der Waals surface area (Å²) in [7, 11) is 0. The Kier molecular flexibility index (Phi) is 2.32. The van der Waals surface area contributed by atoms with Gasteiger partial charge in [0.25, 0.3) is 0 Å². The molecule has 0 unspecified atom stereocenters. The molecule has 1 heterocycles. The lowest BCUT2D eigenvalue weighted by molar-refractivity contribution is 0.180. The van der Waals surface area contributed by atoms with E-state index >= 15 is 0 Å². The highest BCUT2D eigenvalue weighted by Gasteiger charge is 2.31. The Bertz CT molecular complexity index is 301. The maximum Gasteiger partial charge on any atom is 0.126 e. The predicted octanol–water partition coefficient (Wildman–Crippen LogP) is 2.27. The molecule has 1 fully saturated rings. The first-order valence-corrected chi connectivity index (χ1v) is 5.13. The van der Waals surface area contributed by atoms with E-state index in [-0.39, 0.29) is 0 Å². The zero-order valence-corrected chi connectivity index (χ0v) is 8.59. The van der Waals surface area contributed by atoms with Crippen molar-refractivity contribution in [2.75, 3.05) is 17.6 Å². The number of nitrogens with two attached hydrogens (primary N) is 1. The summed E-state index contributed by atoms with van der Waals surface area (Å²) < 4.78 is 0. The van der Waals surface area contributed by atoms with Gasteiger partial charge in [0.1, 0.15) is 5.82 Å². The van der Waals surface area contributed by atoms with E-state index in [0.29, 0.717) is 11.1 Å². The molecule has 2 rings (SSSR count). The van der Waals surface area contributed by atoms with Crippen molar-refractivity contribution in [1.82, 2.24) is 4.98 Å². The molecule has 0 aromatic carbocycles. The van der Waals surface area contributed by atoms with Gasteiger partial charge in [0.15, 0.2) is 0 Å². The van der Waals surface area contributed by atoms with Crippen LogP contribution in [-0.4, -0.2) is 11.5 Å². The van der Waals surface area contributed by atoms with Crippen molar-refractivity contribution in [2.45, 2.75) is 26.2 Å². The molecule has 3 N–H and O–H groups in total. The van der Waals surface area contributed by atoms with E-state index in [9.17, 15) is 0 Å². The molecule has 3 nitrogen and oxygen atoms in total. The molecule has 0 spiro atoms. The van der Waals surface area contributed by atoms with E-state index in [1.54, 1.807) is 6.20 Å². The van der Waals surface area contributed by atoms with Gasteiger partial charge >= 0.3 is 0 Å². The van der Waals surface area contributed by atoms with E-state index in [0.717, 1.165) is 12.4 Å². The van der Waals surface area contributed by atoms with E-state index in [4.69, 9.17) is 5.73 Å². The lowest BCUT2D eigenvalue weighted by atomic mass is 9.70. The monoisotopic (exact) mass is 191 g/mol. The van der Waals surface area contributed by atoms with Crippen LogP contribution in [0.3, 0.4) is 0 Å². The maximum atomic E-state index is 5.56. The molecule has 0 radical (unpaired) electrons. The summed E-state index contributed by atoms with van der Waals surface area (Å²) >= 11 is 0. The predicted molar refractivity (Wildman–Crippen MR) is 59.1 cm³/mol. The van der Waals surface area contributed by atoms with Crippen LogP contribution in [-0.2, 0) is 0 Å². The largest absolute Gasteiger partial charge is 0.397 e. The summed E-state index contributed by atoms with van der Waals surface area (Å²) in [5.74, 6) is 0.923. The highest BCUT2D eigenvalue weighted by atomic mass is 15.0. The Morgan fingerprint density at radius 1 is 1.50 bits per heavy atom. The Hall–Kier alpha value is -1.25. The maximum absolute atomic E-state index is 5.56. The van der Waals surface area contributed by atoms with Gasteiger partial charge in [0, 0.05) is 6.54 Å². The second kappa shape index (κ2) is 3.48. The quantitative estimate of drug-likeness (QED) is 0.770. The van der Waals surface area contributed by atoms with Crippen LogP contribution in [0, 0.1) is 5.41 Å². The first kappa shape index (κ1) is 9.31. The van der Waals surface area contributed by atoms with Gasteiger partial charge in [-0.25, -0.2) is 4.98 Å². The Morgan fingerprint density at radius 2 is 2.29 bits per heavy atom. The Morgan fingerprint density at radius 3 is 2.79 bits per heavy atom. The summed E-state index contributed by atoms with van der Waals surface area (Å²) in [6.45, 7) is 3.34. The molecule has 1 aliphatic carbocycles. The minimum absolute atomic E-state index is 0.489. The minimum atomic E-state index is 0.489. The van der Waals surface area contributed by atoms with E-state index in [1.807, 2.05) is 12.1 Å². The van der Waals surface area contributed by atoms with Crippen molar-refractivity contribution in [3.63, 3.8) is 0 Å².